The molecule has 5 heteroatoms. The summed E-state index contributed by atoms with van der Waals surface area (Å²) >= 11 is 5.62. The number of alkyl halides is 1. The van der Waals surface area contributed by atoms with Crippen molar-refractivity contribution in [2.45, 2.75) is 13.5 Å². The number of rotatable bonds is 4. The van der Waals surface area contributed by atoms with Gasteiger partial charge in [0.05, 0.1) is 18.1 Å². The lowest BCUT2D eigenvalue weighted by Gasteiger charge is -2.29. The second kappa shape index (κ2) is 6.42. The molecule has 1 heterocycles. The fraction of sp³-hybridized carbons (Fsp3) is 0.222. The summed E-state index contributed by atoms with van der Waals surface area (Å²) < 4.78 is 5.46. The van der Waals surface area contributed by atoms with Crippen LogP contribution in [0.4, 0.5) is 5.69 Å². The number of ketones is 1. The largest absolute Gasteiger partial charge is 0.482 e. The van der Waals surface area contributed by atoms with Gasteiger partial charge >= 0.3 is 0 Å². The normalized spacial score (nSPS) is 13.5. The molecule has 2 aromatic rings. The van der Waals surface area contributed by atoms with Crippen LogP contribution in [0.5, 0.6) is 5.75 Å². The average Bonchev–Trinajstić information content (AvgIpc) is 2.58. The van der Waals surface area contributed by atoms with Crippen molar-refractivity contribution in [3.63, 3.8) is 0 Å². The summed E-state index contributed by atoms with van der Waals surface area (Å²) in [4.78, 5) is 25.7. The Morgan fingerprint density at radius 1 is 1.22 bits per heavy atom. The predicted molar refractivity (Wildman–Crippen MR) is 89.4 cm³/mol. The molecule has 0 saturated carbocycles. The van der Waals surface area contributed by atoms with E-state index in [0.717, 1.165) is 11.1 Å². The standard InChI is InChI=1S/C18H16ClNO3/c1-12-2-4-13(5-3-12)10-20-15-8-14(16(21)9-19)6-7-17(15)23-11-18(20)22/h2-8H,9-11H2,1H3. The number of nitrogens with zero attached hydrogens (tertiary/aromatic N) is 1. The highest BCUT2D eigenvalue weighted by atomic mass is 35.5. The number of Topliss-reactive ketones (excluding diaryl/α,β-unsaturated/α-hetero) is 1. The molecule has 23 heavy (non-hydrogen) atoms. The van der Waals surface area contributed by atoms with E-state index in [2.05, 4.69) is 0 Å². The Hall–Kier alpha value is -2.33. The SMILES string of the molecule is Cc1ccc(CN2C(=O)COc3ccc(C(=O)CCl)cc32)cc1. The smallest absolute Gasteiger partial charge is 0.265 e. The Bertz CT molecular complexity index is 755. The first-order valence-electron chi connectivity index (χ1n) is 7.30. The van der Waals surface area contributed by atoms with Crippen molar-refractivity contribution in [2.24, 2.45) is 0 Å². The maximum atomic E-state index is 12.3. The molecule has 0 radical (unpaired) electrons. The van der Waals surface area contributed by atoms with Crippen molar-refractivity contribution in [1.82, 2.24) is 0 Å². The van der Waals surface area contributed by atoms with E-state index >= 15 is 0 Å². The van der Waals surface area contributed by atoms with Crippen LogP contribution in [0.3, 0.4) is 0 Å². The molecule has 0 aliphatic carbocycles. The molecule has 0 aromatic heterocycles. The van der Waals surface area contributed by atoms with E-state index in [1.807, 2.05) is 31.2 Å². The van der Waals surface area contributed by atoms with E-state index in [1.54, 1.807) is 23.1 Å². The Morgan fingerprint density at radius 3 is 2.65 bits per heavy atom. The predicted octanol–water partition coefficient (Wildman–Crippen LogP) is 3.34. The number of aryl methyl sites for hydroxylation is 1. The van der Waals surface area contributed by atoms with E-state index in [-0.39, 0.29) is 24.2 Å². The van der Waals surface area contributed by atoms with Crippen LogP contribution < -0.4 is 9.64 Å². The topological polar surface area (TPSA) is 46.6 Å². The lowest BCUT2D eigenvalue weighted by molar-refractivity contribution is -0.121. The van der Waals surface area contributed by atoms with E-state index in [0.29, 0.717) is 23.5 Å². The van der Waals surface area contributed by atoms with E-state index in [9.17, 15) is 9.59 Å². The molecule has 1 amide bonds. The Labute approximate surface area is 139 Å². The summed E-state index contributed by atoms with van der Waals surface area (Å²) in [6.07, 6.45) is 0. The van der Waals surface area contributed by atoms with E-state index in [4.69, 9.17) is 16.3 Å². The first-order chi connectivity index (χ1) is 11.1. The number of carbonyl (C=O) groups is 2. The zero-order valence-corrected chi connectivity index (χ0v) is 13.5. The third-order valence-corrected chi connectivity index (χ3v) is 4.05. The molecule has 0 bridgehead atoms. The number of hydrogen-bond donors (Lipinski definition) is 0. The highest BCUT2D eigenvalue weighted by molar-refractivity contribution is 6.30. The maximum Gasteiger partial charge on any atom is 0.265 e. The number of hydrogen-bond acceptors (Lipinski definition) is 3. The van der Waals surface area contributed by atoms with Crippen molar-refractivity contribution in [3.05, 3.63) is 59.2 Å². The van der Waals surface area contributed by atoms with Gasteiger partial charge in [-0.05, 0) is 30.7 Å². The molecule has 1 aliphatic heterocycles. The molecular formula is C18H16ClNO3. The number of anilines is 1. The van der Waals surface area contributed by atoms with Crippen molar-refractivity contribution in [2.75, 3.05) is 17.4 Å². The van der Waals surface area contributed by atoms with Gasteiger partial charge in [-0.25, -0.2) is 0 Å². The fourth-order valence-corrected chi connectivity index (χ4v) is 2.66. The maximum absolute atomic E-state index is 12.3. The second-order valence-corrected chi connectivity index (χ2v) is 5.76. The van der Waals surface area contributed by atoms with Gasteiger partial charge in [0.25, 0.3) is 5.91 Å². The van der Waals surface area contributed by atoms with Crippen LogP contribution in [0.1, 0.15) is 21.5 Å². The lowest BCUT2D eigenvalue weighted by Crippen LogP contribution is -2.38. The van der Waals surface area contributed by atoms with Crippen LogP contribution in [0.2, 0.25) is 0 Å². The monoisotopic (exact) mass is 329 g/mol. The molecule has 3 rings (SSSR count). The van der Waals surface area contributed by atoms with Crippen molar-refractivity contribution in [3.8, 4) is 5.75 Å². The van der Waals surface area contributed by atoms with Gasteiger partial charge in [-0.15, -0.1) is 11.6 Å². The van der Waals surface area contributed by atoms with Crippen molar-refractivity contribution >= 4 is 29.0 Å². The fourth-order valence-electron chi connectivity index (χ4n) is 2.50. The van der Waals surface area contributed by atoms with Gasteiger partial charge in [0, 0.05) is 5.56 Å². The van der Waals surface area contributed by atoms with E-state index in [1.165, 1.54) is 0 Å². The number of carbonyl (C=O) groups excluding carboxylic acids is 2. The number of fused-ring (bicyclic) bond motifs is 1. The van der Waals surface area contributed by atoms with Crippen molar-refractivity contribution < 1.29 is 14.3 Å². The van der Waals surface area contributed by atoms with Crippen LogP contribution in [0, 0.1) is 6.92 Å². The number of benzene rings is 2. The van der Waals surface area contributed by atoms with Gasteiger partial charge < -0.3 is 9.64 Å². The molecule has 118 valence electrons. The van der Waals surface area contributed by atoms with Crippen LogP contribution in [-0.2, 0) is 11.3 Å². The average molecular weight is 330 g/mol. The van der Waals surface area contributed by atoms with E-state index < -0.39 is 0 Å². The van der Waals surface area contributed by atoms with Crippen LogP contribution in [0.25, 0.3) is 0 Å². The Morgan fingerprint density at radius 2 is 1.96 bits per heavy atom. The van der Waals surface area contributed by atoms with Crippen LogP contribution in [0.15, 0.2) is 42.5 Å². The van der Waals surface area contributed by atoms with Crippen LogP contribution in [-0.4, -0.2) is 24.2 Å². The Balaban J connectivity index is 1.96. The van der Waals surface area contributed by atoms with Gasteiger partial charge in [0.1, 0.15) is 5.75 Å². The number of amides is 1. The molecule has 2 aromatic carbocycles. The zero-order chi connectivity index (χ0) is 16.4. The van der Waals surface area contributed by atoms with Crippen molar-refractivity contribution in [1.29, 1.82) is 0 Å². The van der Waals surface area contributed by atoms with Crippen LogP contribution >= 0.6 is 11.6 Å². The summed E-state index contributed by atoms with van der Waals surface area (Å²) in [6, 6.07) is 13.1. The number of ether oxygens (including phenoxy) is 1. The molecule has 0 spiro atoms. The molecule has 0 atom stereocenters. The summed E-state index contributed by atoms with van der Waals surface area (Å²) in [5.74, 6) is 0.199. The summed E-state index contributed by atoms with van der Waals surface area (Å²) in [5, 5.41) is 0. The van der Waals surface area contributed by atoms with Gasteiger partial charge in [-0.1, -0.05) is 29.8 Å². The molecule has 1 aliphatic rings. The summed E-state index contributed by atoms with van der Waals surface area (Å²) in [5.41, 5.74) is 3.27. The second-order valence-electron chi connectivity index (χ2n) is 5.49. The zero-order valence-electron chi connectivity index (χ0n) is 12.7. The first-order valence-corrected chi connectivity index (χ1v) is 7.84. The highest BCUT2D eigenvalue weighted by Gasteiger charge is 2.26. The highest BCUT2D eigenvalue weighted by Crippen LogP contribution is 2.34. The third-order valence-electron chi connectivity index (χ3n) is 3.81. The first kappa shape index (κ1) is 15.6. The molecular weight excluding hydrogens is 314 g/mol. The minimum Gasteiger partial charge on any atom is -0.482 e. The quantitative estimate of drug-likeness (QED) is 0.638. The minimum atomic E-state index is -0.178. The Kier molecular flexibility index (Phi) is 4.35. The van der Waals surface area contributed by atoms with Gasteiger partial charge in [0.2, 0.25) is 0 Å². The third kappa shape index (κ3) is 3.22. The van der Waals surface area contributed by atoms with Gasteiger partial charge in [0.15, 0.2) is 12.4 Å². The van der Waals surface area contributed by atoms with Gasteiger partial charge in [-0.3, -0.25) is 9.59 Å². The molecule has 0 saturated heterocycles. The minimum absolute atomic E-state index is 0.00165. The molecule has 0 unspecified atom stereocenters. The summed E-state index contributed by atoms with van der Waals surface area (Å²) in [7, 11) is 0. The lowest BCUT2D eigenvalue weighted by atomic mass is 10.1. The summed E-state index contributed by atoms with van der Waals surface area (Å²) in [6.45, 7) is 2.46. The molecule has 4 nitrogen and oxygen atoms in total. The van der Waals surface area contributed by atoms with Gasteiger partial charge in [-0.2, -0.15) is 0 Å². The molecule has 0 N–H and O–H groups in total. The molecule has 0 fully saturated rings. The number of halogens is 1.